The molecule has 1 fully saturated rings. The first-order valence-electron chi connectivity index (χ1n) is 9.76. The van der Waals surface area contributed by atoms with Gasteiger partial charge in [0.1, 0.15) is 11.3 Å². The average Bonchev–Trinajstić information content (AvgIpc) is 3.23. The minimum absolute atomic E-state index is 0.132. The van der Waals surface area contributed by atoms with Gasteiger partial charge in [0.25, 0.3) is 0 Å². The number of nitrogens with zero attached hydrogens (tertiary/aromatic N) is 4. The topological polar surface area (TPSA) is 55.6 Å². The summed E-state index contributed by atoms with van der Waals surface area (Å²) in [4.78, 5) is 14.2. The number of halogens is 2. The van der Waals surface area contributed by atoms with Gasteiger partial charge in [0, 0.05) is 18.2 Å². The minimum Gasteiger partial charge on any atom is -0.325 e. The van der Waals surface area contributed by atoms with Gasteiger partial charge in [-0.25, -0.2) is 15.0 Å². The van der Waals surface area contributed by atoms with Crippen LogP contribution in [0.1, 0.15) is 58.3 Å². The number of imidazole rings is 1. The lowest BCUT2D eigenvalue weighted by molar-refractivity contribution is 0.401. The molecule has 0 radical (unpaired) electrons. The van der Waals surface area contributed by atoms with Gasteiger partial charge in [0.15, 0.2) is 5.65 Å². The summed E-state index contributed by atoms with van der Waals surface area (Å²) in [5.74, 6) is 1.64. The number of hydrogen-bond acceptors (Lipinski definition) is 4. The monoisotopic (exact) mass is 417 g/mol. The van der Waals surface area contributed by atoms with Crippen LogP contribution >= 0.6 is 23.2 Å². The van der Waals surface area contributed by atoms with E-state index in [1.165, 1.54) is 12.8 Å². The molecule has 3 aromatic rings. The maximum Gasteiger partial charge on any atom is 0.209 e. The summed E-state index contributed by atoms with van der Waals surface area (Å²) in [5, 5.41) is 4.47. The Bertz CT molecular complexity index is 1000. The van der Waals surface area contributed by atoms with Gasteiger partial charge in [0.05, 0.1) is 16.2 Å². The number of anilines is 2. The molecule has 2 heterocycles. The van der Waals surface area contributed by atoms with E-state index in [4.69, 9.17) is 33.2 Å². The van der Waals surface area contributed by atoms with Crippen molar-refractivity contribution in [1.29, 1.82) is 0 Å². The summed E-state index contributed by atoms with van der Waals surface area (Å²) in [7, 11) is 0. The fraction of sp³-hybridized carbons (Fsp3) is 0.476. The minimum atomic E-state index is 0.132. The van der Waals surface area contributed by atoms with Crippen molar-refractivity contribution in [3.05, 3.63) is 40.3 Å². The van der Waals surface area contributed by atoms with E-state index in [0.29, 0.717) is 16.1 Å². The number of benzene rings is 1. The highest BCUT2D eigenvalue weighted by Crippen LogP contribution is 2.36. The number of nitrogens with one attached hydrogen (secondary N) is 1. The molecule has 1 aliphatic carbocycles. The Labute approximate surface area is 175 Å². The molecule has 7 heteroatoms. The van der Waals surface area contributed by atoms with Crippen LogP contribution in [0.15, 0.2) is 24.4 Å². The third-order valence-electron chi connectivity index (χ3n) is 5.04. The van der Waals surface area contributed by atoms with Gasteiger partial charge in [-0.1, -0.05) is 56.8 Å². The smallest absolute Gasteiger partial charge is 0.209 e. The van der Waals surface area contributed by atoms with Crippen LogP contribution in [0, 0.1) is 5.41 Å². The highest BCUT2D eigenvalue weighted by molar-refractivity contribution is 6.42. The Morgan fingerprint density at radius 3 is 2.54 bits per heavy atom. The second kappa shape index (κ2) is 7.53. The first kappa shape index (κ1) is 19.5. The molecule has 0 amide bonds. The summed E-state index contributed by atoms with van der Waals surface area (Å²) in [6, 6.07) is 5.91. The number of fused-ring (bicyclic) bond motifs is 1. The van der Waals surface area contributed by atoms with E-state index in [2.05, 4.69) is 35.6 Å². The molecule has 2 aromatic heterocycles. The van der Waals surface area contributed by atoms with E-state index in [0.717, 1.165) is 47.9 Å². The van der Waals surface area contributed by atoms with E-state index < -0.39 is 0 Å². The van der Waals surface area contributed by atoms with Gasteiger partial charge in [-0.3, -0.25) is 4.57 Å². The molecule has 28 heavy (non-hydrogen) atoms. The predicted molar refractivity (Wildman–Crippen MR) is 116 cm³/mol. The van der Waals surface area contributed by atoms with Crippen molar-refractivity contribution in [2.75, 3.05) is 5.32 Å². The zero-order valence-electron chi connectivity index (χ0n) is 16.5. The van der Waals surface area contributed by atoms with Crippen LogP contribution in [0.25, 0.3) is 11.2 Å². The Morgan fingerprint density at radius 1 is 1.11 bits per heavy atom. The van der Waals surface area contributed by atoms with Crippen molar-refractivity contribution in [3.63, 3.8) is 0 Å². The number of hydrogen-bond donors (Lipinski definition) is 1. The molecule has 5 nitrogen and oxygen atoms in total. The summed E-state index contributed by atoms with van der Waals surface area (Å²) in [6.07, 6.45) is 7.41. The number of aromatic nitrogens is 4. The predicted octanol–water partition coefficient (Wildman–Crippen LogP) is 6.58. The summed E-state index contributed by atoms with van der Waals surface area (Å²) >= 11 is 12.2. The molecule has 0 bridgehead atoms. The van der Waals surface area contributed by atoms with Gasteiger partial charge < -0.3 is 5.32 Å². The van der Waals surface area contributed by atoms with Gasteiger partial charge in [-0.15, -0.1) is 0 Å². The summed E-state index contributed by atoms with van der Waals surface area (Å²) < 4.78 is 2.25. The Morgan fingerprint density at radius 2 is 1.86 bits per heavy atom. The number of rotatable bonds is 4. The average molecular weight is 418 g/mol. The molecule has 4 rings (SSSR count). The first-order valence-corrected chi connectivity index (χ1v) is 10.5. The van der Waals surface area contributed by atoms with Gasteiger partial charge >= 0.3 is 0 Å². The molecule has 0 saturated heterocycles. The van der Waals surface area contributed by atoms with Crippen LogP contribution < -0.4 is 5.32 Å². The van der Waals surface area contributed by atoms with Crippen molar-refractivity contribution in [2.24, 2.45) is 5.41 Å². The molecular weight excluding hydrogens is 393 g/mol. The lowest BCUT2D eigenvalue weighted by atomic mass is 9.92. The SMILES string of the molecule is CC(C)(C)Cc1ncc2nc(Nc3ccc(Cl)c(Cl)c3)n(C3CCCC3)c2n1. The lowest BCUT2D eigenvalue weighted by Gasteiger charge is -2.18. The van der Waals surface area contributed by atoms with Crippen LogP contribution in [0.2, 0.25) is 10.0 Å². The van der Waals surface area contributed by atoms with Crippen molar-refractivity contribution >= 4 is 46.0 Å². The molecule has 0 atom stereocenters. The first-order chi connectivity index (χ1) is 13.3. The van der Waals surface area contributed by atoms with E-state index in [1.807, 2.05) is 18.3 Å². The molecule has 1 saturated carbocycles. The molecule has 1 N–H and O–H groups in total. The lowest BCUT2D eigenvalue weighted by Crippen LogP contribution is -2.13. The third kappa shape index (κ3) is 4.11. The molecule has 0 spiro atoms. The molecule has 0 aliphatic heterocycles. The van der Waals surface area contributed by atoms with E-state index in [-0.39, 0.29) is 5.41 Å². The van der Waals surface area contributed by atoms with Crippen LogP contribution in [-0.2, 0) is 6.42 Å². The van der Waals surface area contributed by atoms with Crippen molar-refractivity contribution in [2.45, 2.75) is 58.9 Å². The van der Waals surface area contributed by atoms with Crippen LogP contribution in [0.3, 0.4) is 0 Å². The van der Waals surface area contributed by atoms with Crippen LogP contribution in [0.4, 0.5) is 11.6 Å². The quantitative estimate of drug-likeness (QED) is 0.520. The highest BCUT2D eigenvalue weighted by Gasteiger charge is 2.25. The Balaban J connectivity index is 1.78. The van der Waals surface area contributed by atoms with E-state index in [1.54, 1.807) is 6.07 Å². The van der Waals surface area contributed by atoms with Gasteiger partial charge in [0.2, 0.25) is 5.95 Å². The normalized spacial score (nSPS) is 15.5. The van der Waals surface area contributed by atoms with Crippen molar-refractivity contribution in [1.82, 2.24) is 19.5 Å². The third-order valence-corrected chi connectivity index (χ3v) is 5.78. The van der Waals surface area contributed by atoms with Gasteiger partial charge in [-0.05, 0) is 36.5 Å². The van der Waals surface area contributed by atoms with Crippen molar-refractivity contribution in [3.8, 4) is 0 Å². The van der Waals surface area contributed by atoms with Crippen molar-refractivity contribution < 1.29 is 0 Å². The maximum absolute atomic E-state index is 6.19. The summed E-state index contributed by atoms with van der Waals surface area (Å²) in [6.45, 7) is 6.60. The van der Waals surface area contributed by atoms with E-state index >= 15 is 0 Å². The fourth-order valence-corrected chi connectivity index (χ4v) is 4.08. The maximum atomic E-state index is 6.19. The Hall–Kier alpha value is -1.85. The van der Waals surface area contributed by atoms with E-state index in [9.17, 15) is 0 Å². The standard InChI is InChI=1S/C21H25Cl2N5/c1-21(2,3)11-18-24-12-17-19(27-18)28(14-6-4-5-7-14)20(26-17)25-13-8-9-15(22)16(23)10-13/h8-10,12,14H,4-7,11H2,1-3H3,(H,25,26). The molecule has 1 aliphatic rings. The molecule has 0 unspecified atom stereocenters. The Kier molecular flexibility index (Phi) is 5.23. The fourth-order valence-electron chi connectivity index (χ4n) is 3.79. The zero-order chi connectivity index (χ0) is 19.9. The van der Waals surface area contributed by atoms with Crippen LogP contribution in [-0.4, -0.2) is 19.5 Å². The zero-order valence-corrected chi connectivity index (χ0v) is 18.0. The molecular formula is C21H25Cl2N5. The second-order valence-corrected chi connectivity index (χ2v) is 9.54. The molecule has 148 valence electrons. The second-order valence-electron chi connectivity index (χ2n) is 8.73. The highest BCUT2D eigenvalue weighted by atomic mass is 35.5. The summed E-state index contributed by atoms with van der Waals surface area (Å²) in [5.41, 5.74) is 2.70. The van der Waals surface area contributed by atoms with Crippen LogP contribution in [0.5, 0.6) is 0 Å². The molecule has 1 aromatic carbocycles. The largest absolute Gasteiger partial charge is 0.325 e. The van der Waals surface area contributed by atoms with Gasteiger partial charge in [-0.2, -0.15) is 0 Å².